The fourth-order valence-corrected chi connectivity index (χ4v) is 4.57. The number of aromatic nitrogens is 4. The Morgan fingerprint density at radius 1 is 1.37 bits per heavy atom. The van der Waals surface area contributed by atoms with E-state index in [9.17, 15) is 4.79 Å². The molecule has 0 aliphatic carbocycles. The number of thiazole rings is 1. The summed E-state index contributed by atoms with van der Waals surface area (Å²) >= 11 is 1.60. The largest absolute Gasteiger partial charge is 0.387 e. The molecular formula is C18H17N7OS. The third-order valence-electron chi connectivity index (χ3n) is 4.76. The molecule has 9 heteroatoms. The van der Waals surface area contributed by atoms with Gasteiger partial charge in [0.2, 0.25) is 0 Å². The van der Waals surface area contributed by atoms with Gasteiger partial charge < -0.3 is 10.3 Å². The van der Waals surface area contributed by atoms with E-state index in [2.05, 4.69) is 15.1 Å². The third kappa shape index (κ3) is 2.62. The van der Waals surface area contributed by atoms with E-state index in [0.717, 1.165) is 45.1 Å². The van der Waals surface area contributed by atoms with Crippen molar-refractivity contribution < 1.29 is 0 Å². The lowest BCUT2D eigenvalue weighted by atomic mass is 10.3. The Kier molecular flexibility index (Phi) is 3.57. The number of amidine groups is 1. The fraction of sp³-hybridized carbons (Fsp3) is 0.278. The molecule has 0 radical (unpaired) electrons. The van der Waals surface area contributed by atoms with E-state index >= 15 is 0 Å². The normalized spacial score (nSPS) is 16.4. The maximum absolute atomic E-state index is 13.0. The van der Waals surface area contributed by atoms with E-state index in [4.69, 9.17) is 10.7 Å². The van der Waals surface area contributed by atoms with E-state index in [0.29, 0.717) is 24.3 Å². The minimum atomic E-state index is -0.147. The zero-order valence-electron chi connectivity index (χ0n) is 14.7. The number of allylic oxidation sites excluding steroid dienone is 2. The van der Waals surface area contributed by atoms with Crippen LogP contribution in [0.25, 0.3) is 21.3 Å². The van der Waals surface area contributed by atoms with Gasteiger partial charge in [-0.2, -0.15) is 5.10 Å². The van der Waals surface area contributed by atoms with Crippen LogP contribution in [0.4, 0.5) is 0 Å². The van der Waals surface area contributed by atoms with Gasteiger partial charge in [0.15, 0.2) is 5.65 Å². The molecule has 2 N–H and O–H groups in total. The van der Waals surface area contributed by atoms with Crippen LogP contribution in [0, 0.1) is 0 Å². The van der Waals surface area contributed by atoms with Gasteiger partial charge in [0.1, 0.15) is 16.4 Å². The molecule has 27 heavy (non-hydrogen) atoms. The summed E-state index contributed by atoms with van der Waals surface area (Å²) in [4.78, 5) is 26.4. The van der Waals surface area contributed by atoms with E-state index in [1.165, 1.54) is 4.68 Å². The maximum atomic E-state index is 13.0. The highest BCUT2D eigenvalue weighted by Crippen LogP contribution is 2.31. The average Bonchev–Trinajstić information content (AvgIpc) is 3.40. The minimum Gasteiger partial charge on any atom is -0.387 e. The second-order valence-electron chi connectivity index (χ2n) is 6.60. The van der Waals surface area contributed by atoms with Gasteiger partial charge in [0, 0.05) is 31.0 Å². The first kappa shape index (κ1) is 16.1. The number of hydrogen-bond acceptors (Lipinski definition) is 7. The van der Waals surface area contributed by atoms with Crippen LogP contribution >= 0.6 is 11.3 Å². The molecule has 0 unspecified atom stereocenters. The van der Waals surface area contributed by atoms with E-state index in [-0.39, 0.29) is 5.56 Å². The monoisotopic (exact) mass is 379 g/mol. The summed E-state index contributed by atoms with van der Waals surface area (Å²) in [6, 6.07) is 0. The third-order valence-corrected chi connectivity index (χ3v) is 5.84. The Balaban J connectivity index is 1.57. The molecule has 3 aromatic rings. The van der Waals surface area contributed by atoms with Gasteiger partial charge in [-0.3, -0.25) is 9.79 Å². The van der Waals surface area contributed by atoms with Gasteiger partial charge in [0.05, 0.1) is 29.7 Å². The quantitative estimate of drug-likeness (QED) is 0.742. The van der Waals surface area contributed by atoms with Crippen LogP contribution in [0.5, 0.6) is 0 Å². The van der Waals surface area contributed by atoms with Gasteiger partial charge in [-0.1, -0.05) is 12.2 Å². The first-order valence-corrected chi connectivity index (χ1v) is 9.47. The lowest BCUT2D eigenvalue weighted by Gasteiger charge is -2.04. The molecule has 5 rings (SSSR count). The van der Waals surface area contributed by atoms with Crippen molar-refractivity contribution in [3.05, 3.63) is 45.5 Å². The molecule has 2 aliphatic heterocycles. The lowest BCUT2D eigenvalue weighted by molar-refractivity contribution is 0.633. The molecule has 0 fully saturated rings. The Morgan fingerprint density at radius 3 is 3.00 bits per heavy atom. The zero-order chi connectivity index (χ0) is 18.5. The summed E-state index contributed by atoms with van der Waals surface area (Å²) in [5, 5.41) is 6.19. The average molecular weight is 379 g/mol. The Labute approximate surface area is 158 Å². The smallest absolute Gasteiger partial charge is 0.291 e. The number of rotatable bonds is 4. The van der Waals surface area contributed by atoms with Crippen molar-refractivity contribution in [1.29, 1.82) is 0 Å². The van der Waals surface area contributed by atoms with Gasteiger partial charge >= 0.3 is 0 Å². The number of nitrogens with zero attached hydrogens (tertiary/aromatic N) is 6. The molecule has 0 aromatic carbocycles. The predicted molar refractivity (Wildman–Crippen MR) is 108 cm³/mol. The molecule has 0 spiro atoms. The van der Waals surface area contributed by atoms with Crippen LogP contribution in [-0.2, 0) is 20.0 Å². The molecule has 2 aliphatic rings. The van der Waals surface area contributed by atoms with E-state index in [1.54, 1.807) is 17.5 Å². The Morgan fingerprint density at radius 2 is 2.26 bits per heavy atom. The van der Waals surface area contributed by atoms with Gasteiger partial charge in [0.25, 0.3) is 5.56 Å². The summed E-state index contributed by atoms with van der Waals surface area (Å²) in [7, 11) is 1.87. The van der Waals surface area contributed by atoms with Crippen LogP contribution in [-0.4, -0.2) is 37.4 Å². The molecule has 0 amide bonds. The number of nitrogens with two attached hydrogens (primary N) is 1. The van der Waals surface area contributed by atoms with Crippen molar-refractivity contribution in [3.63, 3.8) is 0 Å². The summed E-state index contributed by atoms with van der Waals surface area (Å²) in [6.07, 6.45) is 9.09. The summed E-state index contributed by atoms with van der Waals surface area (Å²) in [5.41, 5.74) is 8.79. The molecule has 136 valence electrons. The van der Waals surface area contributed by atoms with E-state index < -0.39 is 0 Å². The number of hydrogen-bond donors (Lipinski definition) is 1. The lowest BCUT2D eigenvalue weighted by Crippen LogP contribution is -2.24. The highest BCUT2D eigenvalue weighted by atomic mass is 32.1. The molecular weight excluding hydrogens is 362 g/mol. The standard InChI is InChI=1S/C18H17N7OS/c1-24-15-12(8-21-25(18(15)26)9-11-4-5-13(19)22-11)16-17(24)23-14(27-16)7-10-3-2-6-20-10/h2-4,8H,5-7,9H2,1H3,(H2,19,22). The molecule has 0 atom stereocenters. The summed E-state index contributed by atoms with van der Waals surface area (Å²) in [6.45, 7) is 1.07. The first-order chi connectivity index (χ1) is 13.1. The second-order valence-corrected chi connectivity index (χ2v) is 7.69. The second kappa shape index (κ2) is 5.98. The van der Waals surface area contributed by atoms with Crippen molar-refractivity contribution in [3.8, 4) is 0 Å². The van der Waals surface area contributed by atoms with E-state index in [1.807, 2.05) is 29.8 Å². The molecule has 0 saturated heterocycles. The van der Waals surface area contributed by atoms with Crippen molar-refractivity contribution in [2.45, 2.75) is 19.4 Å². The van der Waals surface area contributed by atoms with Gasteiger partial charge in [-0.25, -0.2) is 14.7 Å². The van der Waals surface area contributed by atoms with Crippen LogP contribution in [0.2, 0.25) is 0 Å². The number of fused-ring (bicyclic) bond motifs is 3. The minimum absolute atomic E-state index is 0.147. The number of aliphatic imine (C=N–C) groups is 2. The van der Waals surface area contributed by atoms with Crippen molar-refractivity contribution in [2.24, 2.45) is 22.8 Å². The highest BCUT2D eigenvalue weighted by molar-refractivity contribution is 7.19. The summed E-state index contributed by atoms with van der Waals surface area (Å²) in [5.74, 6) is 0.567. The van der Waals surface area contributed by atoms with Gasteiger partial charge in [-0.15, -0.1) is 11.3 Å². The van der Waals surface area contributed by atoms with Crippen LogP contribution in [0.3, 0.4) is 0 Å². The Hall–Kier alpha value is -3.07. The van der Waals surface area contributed by atoms with Crippen molar-refractivity contribution in [1.82, 2.24) is 19.3 Å². The SMILES string of the molecule is Cn1c2nc(CC3=NCC=C3)sc2c2cnn(CC3=CCC(N)=N3)c(=O)c21. The van der Waals surface area contributed by atoms with Crippen molar-refractivity contribution >= 4 is 44.1 Å². The topological polar surface area (TPSA) is 103 Å². The molecule has 5 heterocycles. The molecule has 8 nitrogen and oxygen atoms in total. The van der Waals surface area contributed by atoms with Crippen LogP contribution < -0.4 is 11.3 Å². The Bertz CT molecular complexity index is 1270. The molecule has 3 aromatic heterocycles. The van der Waals surface area contributed by atoms with Crippen LogP contribution in [0.15, 0.2) is 44.9 Å². The highest BCUT2D eigenvalue weighted by Gasteiger charge is 2.19. The zero-order valence-corrected chi connectivity index (χ0v) is 15.5. The summed E-state index contributed by atoms with van der Waals surface area (Å²) < 4.78 is 4.28. The number of aryl methyl sites for hydroxylation is 1. The molecule has 0 bridgehead atoms. The predicted octanol–water partition coefficient (Wildman–Crippen LogP) is 1.54. The fourth-order valence-electron chi connectivity index (χ4n) is 3.45. The van der Waals surface area contributed by atoms with Crippen LogP contribution in [0.1, 0.15) is 11.4 Å². The first-order valence-electron chi connectivity index (χ1n) is 8.66. The van der Waals surface area contributed by atoms with Crippen molar-refractivity contribution in [2.75, 3.05) is 6.54 Å². The van der Waals surface area contributed by atoms with Gasteiger partial charge in [-0.05, 0) is 6.08 Å². The molecule has 0 saturated carbocycles. The maximum Gasteiger partial charge on any atom is 0.291 e.